The van der Waals surface area contributed by atoms with Crippen LogP contribution in [0.1, 0.15) is 5.56 Å². The van der Waals surface area contributed by atoms with Crippen molar-refractivity contribution in [3.8, 4) is 16.6 Å². The van der Waals surface area contributed by atoms with E-state index in [1.54, 1.807) is 29.5 Å². The van der Waals surface area contributed by atoms with Crippen LogP contribution in [-0.2, 0) is 6.42 Å². The van der Waals surface area contributed by atoms with E-state index in [-0.39, 0.29) is 6.03 Å². The van der Waals surface area contributed by atoms with Gasteiger partial charge in [0, 0.05) is 11.8 Å². The molecule has 1 aromatic carbocycles. The largest absolute Gasteiger partial charge is 0.324 e. The second-order valence-electron chi connectivity index (χ2n) is 4.76. The van der Waals surface area contributed by atoms with E-state index in [9.17, 15) is 4.79 Å². The third-order valence-corrected chi connectivity index (χ3v) is 4.00. The molecule has 2 heterocycles. The predicted octanol–water partition coefficient (Wildman–Crippen LogP) is 3.85. The molecule has 114 valence electrons. The van der Waals surface area contributed by atoms with E-state index in [0.29, 0.717) is 17.9 Å². The molecule has 2 aromatic heterocycles. The van der Waals surface area contributed by atoms with Crippen LogP contribution >= 0.6 is 11.3 Å². The van der Waals surface area contributed by atoms with Crippen molar-refractivity contribution in [1.29, 1.82) is 5.26 Å². The van der Waals surface area contributed by atoms with Gasteiger partial charge in [-0.05, 0) is 29.1 Å². The fraction of sp³-hybridized carbons (Fsp3) is 0.0625. The Morgan fingerprint density at radius 1 is 1.26 bits per heavy atom. The van der Waals surface area contributed by atoms with Crippen molar-refractivity contribution in [2.24, 2.45) is 0 Å². The van der Waals surface area contributed by atoms with E-state index < -0.39 is 0 Å². The number of rotatable bonds is 4. The summed E-state index contributed by atoms with van der Waals surface area (Å²) >= 11 is 1.59. The van der Waals surface area contributed by atoms with Gasteiger partial charge in [0.2, 0.25) is 0 Å². The summed E-state index contributed by atoms with van der Waals surface area (Å²) in [6, 6.07) is 14.5. The Kier molecular flexibility index (Phi) is 4.36. The first-order valence-electron chi connectivity index (χ1n) is 6.88. The molecule has 7 heteroatoms. The molecule has 0 aliphatic heterocycles. The number of aromatic amines is 1. The number of thiophene rings is 1. The van der Waals surface area contributed by atoms with Crippen molar-refractivity contribution in [3.63, 3.8) is 0 Å². The highest BCUT2D eigenvalue weighted by Crippen LogP contribution is 2.24. The highest BCUT2D eigenvalue weighted by molar-refractivity contribution is 7.13. The number of amides is 2. The lowest BCUT2D eigenvalue weighted by atomic mass is 10.1. The number of nitrogens with one attached hydrogen (secondary N) is 3. The summed E-state index contributed by atoms with van der Waals surface area (Å²) in [5.41, 5.74) is 2.42. The van der Waals surface area contributed by atoms with Crippen molar-refractivity contribution < 1.29 is 4.79 Å². The van der Waals surface area contributed by atoms with E-state index in [1.165, 1.54) is 0 Å². The number of anilines is 2. The van der Waals surface area contributed by atoms with Gasteiger partial charge in [-0.3, -0.25) is 10.4 Å². The zero-order valence-corrected chi connectivity index (χ0v) is 12.9. The van der Waals surface area contributed by atoms with Gasteiger partial charge >= 0.3 is 6.03 Å². The third-order valence-electron chi connectivity index (χ3n) is 3.10. The summed E-state index contributed by atoms with van der Waals surface area (Å²) in [6.45, 7) is 0. The van der Waals surface area contributed by atoms with E-state index >= 15 is 0 Å². The van der Waals surface area contributed by atoms with Crippen molar-refractivity contribution in [2.75, 3.05) is 10.6 Å². The maximum absolute atomic E-state index is 12.0. The first-order chi connectivity index (χ1) is 11.2. The molecule has 3 aromatic rings. The fourth-order valence-corrected chi connectivity index (χ4v) is 2.71. The van der Waals surface area contributed by atoms with Gasteiger partial charge < -0.3 is 5.32 Å². The molecule has 0 radical (unpaired) electrons. The molecule has 0 saturated carbocycles. The lowest BCUT2D eigenvalue weighted by Gasteiger charge is -2.05. The monoisotopic (exact) mass is 323 g/mol. The molecule has 0 atom stereocenters. The number of aromatic nitrogens is 2. The van der Waals surface area contributed by atoms with Crippen molar-refractivity contribution >= 4 is 28.9 Å². The fourth-order valence-electron chi connectivity index (χ4n) is 2.02. The quantitative estimate of drug-likeness (QED) is 0.680. The summed E-state index contributed by atoms with van der Waals surface area (Å²) in [4.78, 5) is 13.0. The second-order valence-corrected chi connectivity index (χ2v) is 5.70. The summed E-state index contributed by atoms with van der Waals surface area (Å²) in [7, 11) is 0. The van der Waals surface area contributed by atoms with Gasteiger partial charge in [0.05, 0.1) is 23.1 Å². The van der Waals surface area contributed by atoms with E-state index in [4.69, 9.17) is 5.26 Å². The molecule has 0 aliphatic rings. The van der Waals surface area contributed by atoms with Gasteiger partial charge in [-0.2, -0.15) is 10.4 Å². The molecule has 0 spiro atoms. The number of urea groups is 1. The van der Waals surface area contributed by atoms with Gasteiger partial charge in [-0.1, -0.05) is 18.2 Å². The van der Waals surface area contributed by atoms with Gasteiger partial charge in [0.15, 0.2) is 5.82 Å². The molecule has 0 saturated heterocycles. The smallest absolute Gasteiger partial charge is 0.308 e. The van der Waals surface area contributed by atoms with Crippen LogP contribution in [0.2, 0.25) is 0 Å². The van der Waals surface area contributed by atoms with Gasteiger partial charge in [-0.15, -0.1) is 11.3 Å². The summed E-state index contributed by atoms with van der Waals surface area (Å²) in [5.74, 6) is 0.451. The Morgan fingerprint density at radius 3 is 2.78 bits per heavy atom. The topological polar surface area (TPSA) is 93.6 Å². The molecule has 3 rings (SSSR count). The van der Waals surface area contributed by atoms with Crippen LogP contribution in [0.4, 0.5) is 16.3 Å². The predicted molar refractivity (Wildman–Crippen MR) is 90.3 cm³/mol. The van der Waals surface area contributed by atoms with E-state index in [0.717, 1.165) is 16.1 Å². The van der Waals surface area contributed by atoms with Crippen molar-refractivity contribution in [3.05, 3.63) is 53.4 Å². The van der Waals surface area contributed by atoms with Crippen LogP contribution in [0.25, 0.3) is 10.6 Å². The number of hydrogen-bond donors (Lipinski definition) is 3. The van der Waals surface area contributed by atoms with E-state index in [1.807, 2.05) is 29.6 Å². The Morgan fingerprint density at radius 2 is 2.09 bits per heavy atom. The molecule has 0 aliphatic carbocycles. The maximum atomic E-state index is 12.0. The molecule has 2 amide bonds. The summed E-state index contributed by atoms with van der Waals surface area (Å²) < 4.78 is 0. The number of nitrogens with zero attached hydrogens (tertiary/aromatic N) is 2. The average molecular weight is 323 g/mol. The standard InChI is InChI=1S/C16H13N5OS/c17-8-7-11-3-5-12(6-4-11)18-16(22)19-15-10-13(20-21-15)14-2-1-9-23-14/h1-6,9-10H,7H2,(H3,18,19,20,21,22). The average Bonchev–Trinajstić information content (AvgIpc) is 3.20. The molecule has 23 heavy (non-hydrogen) atoms. The first kappa shape index (κ1) is 14.8. The lowest BCUT2D eigenvalue weighted by molar-refractivity contribution is 0.262. The normalized spacial score (nSPS) is 10.0. The Balaban J connectivity index is 1.60. The number of benzene rings is 1. The Hall–Kier alpha value is -3.11. The minimum atomic E-state index is -0.373. The van der Waals surface area contributed by atoms with Crippen LogP contribution in [0.5, 0.6) is 0 Å². The minimum Gasteiger partial charge on any atom is -0.308 e. The number of nitriles is 1. The van der Waals surface area contributed by atoms with Crippen LogP contribution in [0.15, 0.2) is 47.8 Å². The molecule has 0 unspecified atom stereocenters. The van der Waals surface area contributed by atoms with Crippen LogP contribution in [-0.4, -0.2) is 16.2 Å². The Labute approximate surface area is 136 Å². The molecule has 0 bridgehead atoms. The molecule has 0 fully saturated rings. The summed E-state index contributed by atoms with van der Waals surface area (Å²) in [6.07, 6.45) is 0.352. The molecule has 3 N–H and O–H groups in total. The SMILES string of the molecule is N#CCc1ccc(NC(=O)Nc2cc(-c3cccs3)[nH]n2)cc1. The van der Waals surface area contributed by atoms with Crippen LogP contribution in [0, 0.1) is 11.3 Å². The Bertz CT molecular complexity index is 830. The van der Waals surface area contributed by atoms with Gasteiger partial charge in [0.25, 0.3) is 0 Å². The van der Waals surface area contributed by atoms with Crippen LogP contribution < -0.4 is 10.6 Å². The zero-order valence-electron chi connectivity index (χ0n) is 12.0. The zero-order chi connectivity index (χ0) is 16.1. The molecule has 6 nitrogen and oxygen atoms in total. The number of carbonyl (C=O) groups is 1. The summed E-state index contributed by atoms with van der Waals surface area (Å²) in [5, 5.41) is 23.0. The minimum absolute atomic E-state index is 0.352. The third kappa shape index (κ3) is 3.75. The van der Waals surface area contributed by atoms with E-state index in [2.05, 4.69) is 26.9 Å². The number of H-pyrrole nitrogens is 1. The van der Waals surface area contributed by atoms with Crippen molar-refractivity contribution in [1.82, 2.24) is 10.2 Å². The first-order valence-corrected chi connectivity index (χ1v) is 7.76. The highest BCUT2D eigenvalue weighted by atomic mass is 32.1. The maximum Gasteiger partial charge on any atom is 0.324 e. The molecular weight excluding hydrogens is 310 g/mol. The van der Waals surface area contributed by atoms with Crippen molar-refractivity contribution in [2.45, 2.75) is 6.42 Å². The molecular formula is C16H13N5OS. The number of carbonyl (C=O) groups excluding carboxylic acids is 1. The lowest BCUT2D eigenvalue weighted by Crippen LogP contribution is -2.19. The van der Waals surface area contributed by atoms with Gasteiger partial charge in [-0.25, -0.2) is 4.79 Å². The number of hydrogen-bond acceptors (Lipinski definition) is 4. The van der Waals surface area contributed by atoms with Gasteiger partial charge in [0.1, 0.15) is 0 Å². The highest BCUT2D eigenvalue weighted by Gasteiger charge is 2.08. The second kappa shape index (κ2) is 6.77. The van der Waals surface area contributed by atoms with Crippen LogP contribution in [0.3, 0.4) is 0 Å².